The molecule has 0 bridgehead atoms. The van der Waals surface area contributed by atoms with E-state index < -0.39 is 43.7 Å². The maximum atomic E-state index is 15.5. The van der Waals surface area contributed by atoms with Crippen LogP contribution in [0, 0.1) is 5.92 Å². The number of para-hydroxylation sites is 1. The second kappa shape index (κ2) is 9.79. The number of anilines is 1. The van der Waals surface area contributed by atoms with Gasteiger partial charge in [-0.25, -0.2) is 23.9 Å². The summed E-state index contributed by atoms with van der Waals surface area (Å²) < 4.78 is 47.0. The Balaban J connectivity index is 1.55. The Morgan fingerprint density at radius 3 is 2.77 bits per heavy atom. The highest BCUT2D eigenvalue weighted by atomic mass is 35.5. The summed E-state index contributed by atoms with van der Waals surface area (Å²) in [5.41, 5.74) is 6.13. The Kier molecular flexibility index (Phi) is 7.12. The van der Waals surface area contributed by atoms with E-state index in [2.05, 4.69) is 15.0 Å². The van der Waals surface area contributed by atoms with Gasteiger partial charge in [-0.05, 0) is 19.1 Å². The first-order valence-corrected chi connectivity index (χ1v) is 12.8. The fraction of sp³-hybridized carbons (Fsp3) is 0.429. The number of aromatic nitrogens is 4. The van der Waals surface area contributed by atoms with Crippen molar-refractivity contribution < 1.29 is 32.6 Å². The Labute approximate surface area is 204 Å². The number of Topliss-reactive ketones (excluding diaryl/α,β-unsaturated/α-hetero) is 1. The summed E-state index contributed by atoms with van der Waals surface area (Å²) in [4.78, 5) is 23.7. The molecule has 1 saturated heterocycles. The average molecular weight is 528 g/mol. The lowest BCUT2D eigenvalue weighted by Gasteiger charge is -2.24. The second-order valence-corrected chi connectivity index (χ2v) is 10.8. The molecule has 3 heterocycles. The third-order valence-electron chi connectivity index (χ3n) is 5.63. The van der Waals surface area contributed by atoms with Crippen LogP contribution in [0.4, 0.5) is 10.2 Å². The lowest BCUT2D eigenvalue weighted by molar-refractivity contribution is -0.119. The largest absolute Gasteiger partial charge is 0.424 e. The van der Waals surface area contributed by atoms with Crippen LogP contribution in [0.1, 0.15) is 20.1 Å². The zero-order valence-corrected chi connectivity index (χ0v) is 20.5. The lowest BCUT2D eigenvalue weighted by Crippen LogP contribution is -2.38. The Morgan fingerprint density at radius 2 is 2.09 bits per heavy atom. The van der Waals surface area contributed by atoms with Gasteiger partial charge in [0.25, 0.3) is 5.13 Å². The summed E-state index contributed by atoms with van der Waals surface area (Å²) in [6.07, 6.45) is -2.61. The molecule has 188 valence electrons. The number of ether oxygens (including phenoxy) is 1. The molecule has 4 rings (SSSR count). The molecule has 3 aromatic rings. The fourth-order valence-electron chi connectivity index (χ4n) is 3.56. The first-order valence-electron chi connectivity index (χ1n) is 10.6. The highest BCUT2D eigenvalue weighted by Gasteiger charge is 2.58. The number of aliphatic hydroxyl groups excluding tert-OH is 1. The molecule has 2 unspecified atom stereocenters. The van der Waals surface area contributed by atoms with E-state index in [-0.39, 0.29) is 34.7 Å². The quantitative estimate of drug-likeness (QED) is 0.313. The number of benzene rings is 1. The molecular weight excluding hydrogens is 504 g/mol. The van der Waals surface area contributed by atoms with Gasteiger partial charge in [-0.15, -0.1) is 0 Å². The van der Waals surface area contributed by atoms with E-state index in [1.165, 1.54) is 24.1 Å². The van der Waals surface area contributed by atoms with E-state index in [0.717, 1.165) is 0 Å². The van der Waals surface area contributed by atoms with Crippen LogP contribution in [0.5, 0.6) is 5.75 Å². The normalized spacial score (nSPS) is 26.9. The molecule has 3 N–H and O–H groups in total. The lowest BCUT2D eigenvalue weighted by atomic mass is 10.1. The van der Waals surface area contributed by atoms with Crippen LogP contribution in [0.15, 0.2) is 43.0 Å². The molecule has 0 saturated carbocycles. The zero-order chi connectivity index (χ0) is 25.4. The van der Waals surface area contributed by atoms with Crippen molar-refractivity contribution in [3.63, 3.8) is 0 Å². The topological polar surface area (TPSA) is 152 Å². The summed E-state index contributed by atoms with van der Waals surface area (Å²) in [7, 11) is -3.93. The number of nitrogens with two attached hydrogens (primary N) is 1. The molecule has 2 aromatic heterocycles. The van der Waals surface area contributed by atoms with Crippen molar-refractivity contribution in [3.8, 4) is 5.75 Å². The Hall–Kier alpha value is -2.63. The molecule has 35 heavy (non-hydrogen) atoms. The molecule has 6 atom stereocenters. The third-order valence-corrected chi connectivity index (χ3v) is 8.07. The summed E-state index contributed by atoms with van der Waals surface area (Å²) in [5, 5.41) is 7.77. The Bertz CT molecular complexity index is 1260. The molecule has 1 fully saturated rings. The number of hydrogen-bond donors (Lipinski definition) is 2. The number of hydrogen-bond acceptors (Lipinski definition) is 10. The molecule has 11 nitrogen and oxygen atoms in total. The molecule has 0 aliphatic carbocycles. The van der Waals surface area contributed by atoms with Gasteiger partial charge >= 0.3 is 7.60 Å². The van der Waals surface area contributed by atoms with Crippen LogP contribution in [-0.2, 0) is 18.6 Å². The van der Waals surface area contributed by atoms with E-state index >= 15 is 4.39 Å². The van der Waals surface area contributed by atoms with Crippen molar-refractivity contribution >= 4 is 42.0 Å². The second-order valence-electron chi connectivity index (χ2n) is 8.23. The van der Waals surface area contributed by atoms with Crippen LogP contribution in [0.3, 0.4) is 0 Å². The summed E-state index contributed by atoms with van der Waals surface area (Å²) in [5.74, 6) is -0.511. The fourth-order valence-corrected chi connectivity index (χ4v) is 5.83. The number of nitrogen functional groups attached to an aromatic ring is 1. The van der Waals surface area contributed by atoms with Crippen LogP contribution in [-0.4, -0.2) is 60.5 Å². The minimum atomic E-state index is -3.93. The minimum absolute atomic E-state index is 0.0739. The zero-order valence-electron chi connectivity index (χ0n) is 18.8. The maximum Gasteiger partial charge on any atom is 0.379 e. The molecule has 1 aromatic carbocycles. The molecule has 1 aliphatic heterocycles. The first-order chi connectivity index (χ1) is 16.5. The van der Waals surface area contributed by atoms with Crippen LogP contribution < -0.4 is 10.3 Å². The molecule has 0 spiro atoms. The smallest absolute Gasteiger partial charge is 0.379 e. The van der Waals surface area contributed by atoms with Crippen molar-refractivity contribution in [2.24, 2.45) is 5.92 Å². The predicted molar refractivity (Wildman–Crippen MR) is 125 cm³/mol. The van der Waals surface area contributed by atoms with Gasteiger partial charge in [0.05, 0.1) is 19.1 Å². The van der Waals surface area contributed by atoms with E-state index in [4.69, 9.17) is 31.1 Å². The predicted octanol–water partition coefficient (Wildman–Crippen LogP) is 3.09. The first kappa shape index (κ1) is 25.5. The highest BCUT2D eigenvalue weighted by Crippen LogP contribution is 2.52. The van der Waals surface area contributed by atoms with Crippen molar-refractivity contribution in [3.05, 3.63) is 43.0 Å². The monoisotopic (exact) mass is 527 g/mol. The standard InChI is InChI=1S/C21H24ClFN5O6P/c1-12(13(2)29)9-35(31,34-14-6-4-3-5-7-14)32-8-15-17(30)21(22,23)20(33-15)28-11-27-16-18(24)25-10-26-19(16)28/h3-7,10-12,15,17,20,30H,8-9H2,1-2H3,(H2,24,25,26)/t12-,15-,17?,20-,21-,35?/m1/s1. The summed E-state index contributed by atoms with van der Waals surface area (Å²) in [6.45, 7) is 2.42. The number of carbonyl (C=O) groups is 1. The molecule has 0 amide bonds. The average Bonchev–Trinajstić information content (AvgIpc) is 3.32. The molecular formula is C21H24ClFN5O6P. The summed E-state index contributed by atoms with van der Waals surface area (Å²) in [6, 6.07) is 8.26. The number of fused-ring (bicyclic) bond motifs is 1. The number of imidazole rings is 1. The minimum Gasteiger partial charge on any atom is -0.424 e. The van der Waals surface area contributed by atoms with Crippen molar-refractivity contribution in [1.82, 2.24) is 19.5 Å². The van der Waals surface area contributed by atoms with Gasteiger partial charge in [0.15, 0.2) is 17.7 Å². The van der Waals surface area contributed by atoms with Gasteiger partial charge in [-0.3, -0.25) is 13.9 Å². The number of ketones is 1. The van der Waals surface area contributed by atoms with Gasteiger partial charge in [-0.1, -0.05) is 36.7 Å². The number of halogens is 2. The van der Waals surface area contributed by atoms with E-state index in [1.54, 1.807) is 37.3 Å². The molecule has 1 aliphatic rings. The van der Waals surface area contributed by atoms with Crippen LogP contribution >= 0.6 is 19.2 Å². The SMILES string of the molecule is CC(=O)[C@H](C)CP(=O)(OC[C@H]1O[C@@H](n2cnc3c(N)ncnc32)[C@@](F)(Cl)C1O)Oc1ccccc1. The number of carbonyl (C=O) groups excluding carboxylic acids is 1. The van der Waals surface area contributed by atoms with Crippen LogP contribution in [0.2, 0.25) is 0 Å². The van der Waals surface area contributed by atoms with Gasteiger partial charge in [0, 0.05) is 5.92 Å². The number of alkyl halides is 2. The van der Waals surface area contributed by atoms with Crippen molar-refractivity contribution in [2.45, 2.75) is 37.4 Å². The molecule has 0 radical (unpaired) electrons. The summed E-state index contributed by atoms with van der Waals surface area (Å²) >= 11 is 6.05. The highest BCUT2D eigenvalue weighted by molar-refractivity contribution is 7.54. The van der Waals surface area contributed by atoms with E-state index in [1.807, 2.05) is 0 Å². The van der Waals surface area contributed by atoms with Crippen molar-refractivity contribution in [1.29, 1.82) is 0 Å². The van der Waals surface area contributed by atoms with Gasteiger partial charge in [-0.2, -0.15) is 0 Å². The molecule has 14 heteroatoms. The van der Waals surface area contributed by atoms with Crippen LogP contribution in [0.25, 0.3) is 11.2 Å². The van der Waals surface area contributed by atoms with Gasteiger partial charge in [0.2, 0.25) is 0 Å². The third kappa shape index (κ3) is 5.17. The number of nitrogens with zero attached hydrogens (tertiary/aromatic N) is 4. The number of aliphatic hydroxyl groups is 1. The maximum absolute atomic E-state index is 15.5. The van der Waals surface area contributed by atoms with Crippen molar-refractivity contribution in [2.75, 3.05) is 18.5 Å². The van der Waals surface area contributed by atoms with E-state index in [9.17, 15) is 14.5 Å². The van der Waals surface area contributed by atoms with Gasteiger partial charge in [0.1, 0.15) is 35.6 Å². The number of rotatable bonds is 9. The Morgan fingerprint density at radius 1 is 1.37 bits per heavy atom. The van der Waals surface area contributed by atoms with E-state index in [0.29, 0.717) is 0 Å². The van der Waals surface area contributed by atoms with Gasteiger partial charge < -0.3 is 20.1 Å².